The summed E-state index contributed by atoms with van der Waals surface area (Å²) in [5.74, 6) is 1.82. The molecule has 2 aliphatic rings. The van der Waals surface area contributed by atoms with Crippen molar-refractivity contribution < 1.29 is 4.52 Å². The van der Waals surface area contributed by atoms with E-state index in [1.165, 1.54) is 19.3 Å². The molecule has 1 unspecified atom stereocenters. The molecule has 1 spiro atoms. The summed E-state index contributed by atoms with van der Waals surface area (Å²) in [6, 6.07) is 7.60. The third kappa shape index (κ3) is 2.56. The van der Waals surface area contributed by atoms with Crippen LogP contribution >= 0.6 is 24.0 Å². The molecule has 4 rings (SSSR count). The lowest BCUT2D eigenvalue weighted by Gasteiger charge is -2.22. The van der Waals surface area contributed by atoms with E-state index in [0.717, 1.165) is 24.5 Å². The molecular weight excluding hydrogens is 309 g/mol. The van der Waals surface area contributed by atoms with Crippen LogP contribution in [0.2, 0.25) is 5.02 Å². The summed E-state index contributed by atoms with van der Waals surface area (Å²) in [4.78, 5) is 4.57. The van der Waals surface area contributed by atoms with E-state index in [9.17, 15) is 0 Å². The number of benzene rings is 1. The van der Waals surface area contributed by atoms with Gasteiger partial charge >= 0.3 is 0 Å². The van der Waals surface area contributed by atoms with Crippen LogP contribution in [0.3, 0.4) is 0 Å². The summed E-state index contributed by atoms with van der Waals surface area (Å²) in [5.41, 5.74) is 1.25. The van der Waals surface area contributed by atoms with Gasteiger partial charge in [-0.3, -0.25) is 0 Å². The molecule has 112 valence electrons. The van der Waals surface area contributed by atoms with Crippen LogP contribution in [0.4, 0.5) is 0 Å². The van der Waals surface area contributed by atoms with Gasteiger partial charge in [-0.15, -0.1) is 12.4 Å². The third-order valence-corrected chi connectivity index (χ3v) is 4.97. The van der Waals surface area contributed by atoms with Gasteiger partial charge in [0.05, 0.1) is 5.02 Å². The molecule has 21 heavy (non-hydrogen) atoms. The minimum Gasteiger partial charge on any atom is -0.339 e. The van der Waals surface area contributed by atoms with Crippen molar-refractivity contribution >= 4 is 24.0 Å². The lowest BCUT2D eigenvalue weighted by atomic mass is 9.92. The quantitative estimate of drug-likeness (QED) is 0.915. The molecule has 1 saturated heterocycles. The van der Waals surface area contributed by atoms with Gasteiger partial charge in [0.15, 0.2) is 0 Å². The Balaban J connectivity index is 0.00000132. The topological polar surface area (TPSA) is 51.0 Å². The Morgan fingerprint density at radius 1 is 1.24 bits per heavy atom. The molecule has 6 heteroatoms. The molecule has 0 bridgehead atoms. The van der Waals surface area contributed by atoms with Crippen molar-refractivity contribution in [3.05, 3.63) is 35.2 Å². The lowest BCUT2D eigenvalue weighted by Crippen LogP contribution is -2.29. The van der Waals surface area contributed by atoms with Crippen molar-refractivity contribution in [1.29, 1.82) is 0 Å². The van der Waals surface area contributed by atoms with Crippen LogP contribution in [0, 0.1) is 5.41 Å². The zero-order valence-electron chi connectivity index (χ0n) is 11.5. The summed E-state index contributed by atoms with van der Waals surface area (Å²) in [6.45, 7) is 2.20. The average Bonchev–Trinajstić information content (AvgIpc) is 2.96. The molecule has 1 aromatic carbocycles. The number of aromatic nitrogens is 2. The Bertz CT molecular complexity index is 637. The zero-order chi connectivity index (χ0) is 13.6. The van der Waals surface area contributed by atoms with E-state index >= 15 is 0 Å². The first-order valence-electron chi connectivity index (χ1n) is 7.08. The first kappa shape index (κ1) is 14.8. The molecule has 1 aliphatic carbocycles. The van der Waals surface area contributed by atoms with Crippen molar-refractivity contribution in [2.75, 3.05) is 13.1 Å². The molecule has 2 heterocycles. The van der Waals surface area contributed by atoms with E-state index in [2.05, 4.69) is 15.5 Å². The minimum absolute atomic E-state index is 0. The van der Waals surface area contributed by atoms with Gasteiger partial charge in [-0.2, -0.15) is 4.98 Å². The molecule has 1 aromatic heterocycles. The van der Waals surface area contributed by atoms with Crippen LogP contribution in [-0.2, 0) is 0 Å². The average molecular weight is 326 g/mol. The summed E-state index contributed by atoms with van der Waals surface area (Å²) in [5, 5.41) is 8.17. The maximum Gasteiger partial charge on any atom is 0.230 e. The van der Waals surface area contributed by atoms with Gasteiger partial charge in [0.25, 0.3) is 0 Å². The van der Waals surface area contributed by atoms with Crippen LogP contribution in [-0.4, -0.2) is 23.2 Å². The van der Waals surface area contributed by atoms with Crippen molar-refractivity contribution in [3.8, 4) is 11.4 Å². The summed E-state index contributed by atoms with van der Waals surface area (Å²) >= 11 is 6.18. The smallest absolute Gasteiger partial charge is 0.230 e. The molecule has 0 amide bonds. The number of hydrogen-bond donors (Lipinski definition) is 1. The predicted molar refractivity (Wildman–Crippen MR) is 83.9 cm³/mol. The van der Waals surface area contributed by atoms with Gasteiger partial charge in [0.1, 0.15) is 0 Å². The first-order valence-corrected chi connectivity index (χ1v) is 7.46. The van der Waals surface area contributed by atoms with Crippen LogP contribution in [0.25, 0.3) is 11.4 Å². The monoisotopic (exact) mass is 325 g/mol. The molecule has 2 fully saturated rings. The van der Waals surface area contributed by atoms with Gasteiger partial charge in [0.2, 0.25) is 11.7 Å². The highest BCUT2D eigenvalue weighted by Gasteiger charge is 2.57. The second-order valence-corrected chi connectivity index (χ2v) is 6.21. The van der Waals surface area contributed by atoms with Crippen LogP contribution in [0.5, 0.6) is 0 Å². The maximum absolute atomic E-state index is 6.18. The zero-order valence-corrected chi connectivity index (χ0v) is 13.1. The van der Waals surface area contributed by atoms with E-state index in [0.29, 0.717) is 22.2 Å². The molecule has 0 radical (unpaired) electrons. The van der Waals surface area contributed by atoms with Crippen LogP contribution in [0.1, 0.15) is 31.1 Å². The fourth-order valence-corrected chi connectivity index (χ4v) is 3.52. The standard InChI is InChI=1S/C15H16ClN3O.ClH/c16-12-4-2-1-3-10(12)13-18-14(20-19-13)11-9-15(11)5-7-17-8-6-15;/h1-4,11,17H,5-9H2;1H. The van der Waals surface area contributed by atoms with E-state index < -0.39 is 0 Å². The molecule has 1 N–H and O–H groups in total. The van der Waals surface area contributed by atoms with Crippen molar-refractivity contribution in [2.45, 2.75) is 25.2 Å². The molecular formula is C15H17Cl2N3O. The van der Waals surface area contributed by atoms with E-state index in [1.54, 1.807) is 0 Å². The highest BCUT2D eigenvalue weighted by atomic mass is 35.5. The molecule has 1 aliphatic heterocycles. The largest absolute Gasteiger partial charge is 0.339 e. The number of hydrogen-bond acceptors (Lipinski definition) is 4. The second kappa shape index (κ2) is 5.59. The number of piperidine rings is 1. The fourth-order valence-electron chi connectivity index (χ4n) is 3.30. The first-order chi connectivity index (χ1) is 9.78. The maximum atomic E-state index is 6.18. The van der Waals surface area contributed by atoms with Gasteiger partial charge in [-0.25, -0.2) is 0 Å². The van der Waals surface area contributed by atoms with Crippen molar-refractivity contribution in [2.24, 2.45) is 5.41 Å². The number of nitrogens with one attached hydrogen (secondary N) is 1. The summed E-state index contributed by atoms with van der Waals surface area (Å²) in [6.07, 6.45) is 3.60. The second-order valence-electron chi connectivity index (χ2n) is 5.81. The minimum atomic E-state index is 0. The van der Waals surface area contributed by atoms with Gasteiger partial charge in [-0.1, -0.05) is 28.9 Å². The molecule has 4 nitrogen and oxygen atoms in total. The third-order valence-electron chi connectivity index (χ3n) is 4.64. The number of rotatable bonds is 2. The summed E-state index contributed by atoms with van der Waals surface area (Å²) in [7, 11) is 0. The van der Waals surface area contributed by atoms with Gasteiger partial charge < -0.3 is 9.84 Å². The van der Waals surface area contributed by atoms with Crippen molar-refractivity contribution in [3.63, 3.8) is 0 Å². The van der Waals surface area contributed by atoms with E-state index in [1.807, 2.05) is 24.3 Å². The van der Waals surface area contributed by atoms with E-state index in [4.69, 9.17) is 16.1 Å². The molecule has 2 aromatic rings. The predicted octanol–water partition coefficient (Wildman–Crippen LogP) is 3.67. The normalized spacial score (nSPS) is 22.8. The van der Waals surface area contributed by atoms with Crippen LogP contribution in [0.15, 0.2) is 28.8 Å². The van der Waals surface area contributed by atoms with Gasteiger partial charge in [0, 0.05) is 11.5 Å². The Labute approximate surface area is 134 Å². The Kier molecular flexibility index (Phi) is 3.95. The van der Waals surface area contributed by atoms with Crippen LogP contribution < -0.4 is 5.32 Å². The Hall–Kier alpha value is -1.10. The number of halogens is 2. The molecule has 1 saturated carbocycles. The SMILES string of the molecule is Cl.Clc1ccccc1-c1noc(C2CC23CCNCC3)n1. The van der Waals surface area contributed by atoms with Crippen molar-refractivity contribution in [1.82, 2.24) is 15.5 Å². The highest BCUT2D eigenvalue weighted by molar-refractivity contribution is 6.33. The molecule has 1 atom stereocenters. The van der Waals surface area contributed by atoms with E-state index in [-0.39, 0.29) is 12.4 Å². The Morgan fingerprint density at radius 3 is 2.76 bits per heavy atom. The number of nitrogens with zero attached hydrogens (tertiary/aromatic N) is 2. The van der Waals surface area contributed by atoms with Gasteiger partial charge in [-0.05, 0) is 49.9 Å². The lowest BCUT2D eigenvalue weighted by molar-refractivity contribution is 0.311. The fraction of sp³-hybridized carbons (Fsp3) is 0.467. The summed E-state index contributed by atoms with van der Waals surface area (Å²) < 4.78 is 5.49. The Morgan fingerprint density at radius 2 is 2.00 bits per heavy atom. The highest BCUT2D eigenvalue weighted by Crippen LogP contribution is 2.63.